The molecule has 3 rings (SSSR count). The lowest BCUT2D eigenvalue weighted by Crippen LogP contribution is -2.35. The second-order valence-corrected chi connectivity index (χ2v) is 6.18. The molecule has 0 aliphatic carbocycles. The van der Waals surface area contributed by atoms with E-state index in [1.165, 1.54) is 5.56 Å². The van der Waals surface area contributed by atoms with Crippen LogP contribution < -0.4 is 5.56 Å². The minimum Gasteiger partial charge on any atom is -0.310 e. The molecule has 1 aliphatic heterocycles. The number of fused-ring (bicyclic) bond motifs is 1. The van der Waals surface area contributed by atoms with Gasteiger partial charge in [-0.15, -0.1) is 0 Å². The highest BCUT2D eigenvalue weighted by molar-refractivity contribution is 7.97. The Balaban J connectivity index is 1.78. The van der Waals surface area contributed by atoms with E-state index in [0.29, 0.717) is 6.54 Å². The molecule has 0 fully saturated rings. The summed E-state index contributed by atoms with van der Waals surface area (Å²) < 4.78 is 0. The van der Waals surface area contributed by atoms with Crippen LogP contribution in [-0.4, -0.2) is 27.7 Å². The number of hydrogen-bond acceptors (Lipinski definition) is 4. The fraction of sp³-hybridized carbons (Fsp3) is 0.375. The van der Waals surface area contributed by atoms with Crippen LogP contribution in [0.15, 0.2) is 35.1 Å². The third-order valence-corrected chi connectivity index (χ3v) is 4.29. The first kappa shape index (κ1) is 14.4. The maximum absolute atomic E-state index is 12.2. The van der Waals surface area contributed by atoms with E-state index in [4.69, 9.17) is 0 Å². The summed E-state index contributed by atoms with van der Waals surface area (Å²) in [6, 6.07) is 10.4. The van der Waals surface area contributed by atoms with Crippen LogP contribution in [0.1, 0.15) is 22.6 Å². The van der Waals surface area contributed by atoms with Crippen LogP contribution in [0, 0.1) is 0 Å². The zero-order valence-corrected chi connectivity index (χ0v) is 12.9. The first-order valence-corrected chi connectivity index (χ1v) is 8.52. The molecular weight excluding hydrogens is 282 g/mol. The molecule has 0 bridgehead atoms. The number of rotatable bonds is 4. The van der Waals surface area contributed by atoms with E-state index in [1.54, 1.807) is 11.8 Å². The Morgan fingerprint density at radius 1 is 1.33 bits per heavy atom. The van der Waals surface area contributed by atoms with Crippen molar-refractivity contribution in [1.29, 1.82) is 0 Å². The fourth-order valence-electron chi connectivity index (χ4n) is 2.71. The highest BCUT2D eigenvalue weighted by Gasteiger charge is 2.21. The Hall–Kier alpha value is -1.59. The molecule has 2 aromatic rings. The van der Waals surface area contributed by atoms with Gasteiger partial charge in [0.05, 0.1) is 17.0 Å². The number of hydrogen-bond donors (Lipinski definition) is 1. The van der Waals surface area contributed by atoms with Gasteiger partial charge in [-0.05, 0) is 11.8 Å². The molecule has 4 nitrogen and oxygen atoms in total. The molecule has 110 valence electrons. The van der Waals surface area contributed by atoms with Crippen molar-refractivity contribution >= 4 is 11.8 Å². The minimum atomic E-state index is 0.0295. The average molecular weight is 301 g/mol. The summed E-state index contributed by atoms with van der Waals surface area (Å²) in [5.74, 6) is 1.55. The molecule has 21 heavy (non-hydrogen) atoms. The van der Waals surface area contributed by atoms with Gasteiger partial charge in [-0.1, -0.05) is 30.3 Å². The molecular formula is C16H19N3OS. The molecule has 1 aromatic heterocycles. The highest BCUT2D eigenvalue weighted by atomic mass is 32.2. The summed E-state index contributed by atoms with van der Waals surface area (Å²) in [5.41, 5.74) is 3.13. The van der Waals surface area contributed by atoms with Crippen LogP contribution in [0.3, 0.4) is 0 Å². The van der Waals surface area contributed by atoms with Crippen molar-refractivity contribution in [1.82, 2.24) is 14.9 Å². The number of benzene rings is 1. The molecule has 0 atom stereocenters. The molecule has 5 heteroatoms. The molecule has 0 amide bonds. The number of thioether (sulfide) groups is 1. The van der Waals surface area contributed by atoms with Crippen molar-refractivity contribution in [3.05, 3.63) is 63.3 Å². The van der Waals surface area contributed by atoms with Gasteiger partial charge in [-0.25, -0.2) is 4.98 Å². The molecule has 0 unspecified atom stereocenters. The van der Waals surface area contributed by atoms with Gasteiger partial charge in [-0.2, -0.15) is 11.8 Å². The van der Waals surface area contributed by atoms with Crippen molar-refractivity contribution in [2.45, 2.75) is 25.3 Å². The summed E-state index contributed by atoms with van der Waals surface area (Å²) in [6.45, 7) is 2.52. The average Bonchev–Trinajstić information content (AvgIpc) is 2.49. The zero-order valence-electron chi connectivity index (χ0n) is 12.1. The van der Waals surface area contributed by atoms with E-state index >= 15 is 0 Å². The lowest BCUT2D eigenvalue weighted by atomic mass is 10.1. The first-order valence-electron chi connectivity index (χ1n) is 7.12. The quantitative estimate of drug-likeness (QED) is 0.940. The first-order chi connectivity index (χ1) is 10.3. The van der Waals surface area contributed by atoms with Crippen molar-refractivity contribution in [3.63, 3.8) is 0 Å². The van der Waals surface area contributed by atoms with E-state index in [1.807, 2.05) is 12.3 Å². The van der Waals surface area contributed by atoms with Gasteiger partial charge in [0.2, 0.25) is 0 Å². The lowest BCUT2D eigenvalue weighted by Gasteiger charge is -2.27. The molecule has 0 radical (unpaired) electrons. The molecule has 0 saturated carbocycles. The predicted octanol–water partition coefficient (Wildman–Crippen LogP) is 2.19. The number of aromatic nitrogens is 2. The van der Waals surface area contributed by atoms with Gasteiger partial charge in [-0.3, -0.25) is 9.69 Å². The van der Waals surface area contributed by atoms with Crippen LogP contribution in [0.4, 0.5) is 0 Å². The smallest absolute Gasteiger partial charge is 0.255 e. The normalized spacial score (nSPS) is 14.9. The SMILES string of the molecule is CSCc1nc2c(c(=O)[nH]1)CN(Cc1ccccc1)CC2. The maximum atomic E-state index is 12.2. The lowest BCUT2D eigenvalue weighted by molar-refractivity contribution is 0.241. The van der Waals surface area contributed by atoms with Gasteiger partial charge in [0, 0.05) is 26.1 Å². The van der Waals surface area contributed by atoms with Crippen LogP contribution >= 0.6 is 11.8 Å². The highest BCUT2D eigenvalue weighted by Crippen LogP contribution is 2.17. The molecule has 2 heterocycles. The van der Waals surface area contributed by atoms with Crippen molar-refractivity contribution in [3.8, 4) is 0 Å². The third-order valence-electron chi connectivity index (χ3n) is 3.73. The Morgan fingerprint density at radius 3 is 2.90 bits per heavy atom. The molecule has 1 N–H and O–H groups in total. The van der Waals surface area contributed by atoms with Crippen LogP contribution in [0.2, 0.25) is 0 Å². The second-order valence-electron chi connectivity index (χ2n) is 5.32. The van der Waals surface area contributed by atoms with Crippen LogP contribution in [-0.2, 0) is 25.3 Å². The zero-order chi connectivity index (χ0) is 14.7. The summed E-state index contributed by atoms with van der Waals surface area (Å²) in [5, 5.41) is 0. The van der Waals surface area contributed by atoms with E-state index in [0.717, 1.165) is 42.3 Å². The Labute approximate surface area is 128 Å². The van der Waals surface area contributed by atoms with E-state index in [2.05, 4.69) is 39.1 Å². The fourth-order valence-corrected chi connectivity index (χ4v) is 3.12. The minimum absolute atomic E-state index is 0.0295. The summed E-state index contributed by atoms with van der Waals surface area (Å²) in [7, 11) is 0. The molecule has 0 spiro atoms. The van der Waals surface area contributed by atoms with Gasteiger partial charge >= 0.3 is 0 Å². The predicted molar refractivity (Wildman–Crippen MR) is 86.3 cm³/mol. The van der Waals surface area contributed by atoms with E-state index < -0.39 is 0 Å². The number of aromatic amines is 1. The Bertz CT molecular complexity index is 669. The summed E-state index contributed by atoms with van der Waals surface area (Å²) >= 11 is 1.67. The number of nitrogens with one attached hydrogen (secondary N) is 1. The van der Waals surface area contributed by atoms with E-state index in [9.17, 15) is 4.79 Å². The van der Waals surface area contributed by atoms with Crippen molar-refractivity contribution in [2.75, 3.05) is 12.8 Å². The molecule has 0 saturated heterocycles. The van der Waals surface area contributed by atoms with Crippen LogP contribution in [0.25, 0.3) is 0 Å². The van der Waals surface area contributed by atoms with Crippen molar-refractivity contribution < 1.29 is 0 Å². The van der Waals surface area contributed by atoms with Crippen LogP contribution in [0.5, 0.6) is 0 Å². The molecule has 1 aromatic carbocycles. The van der Waals surface area contributed by atoms with Gasteiger partial charge in [0.15, 0.2) is 0 Å². The monoisotopic (exact) mass is 301 g/mol. The topological polar surface area (TPSA) is 49.0 Å². The largest absolute Gasteiger partial charge is 0.310 e. The second kappa shape index (κ2) is 6.45. The van der Waals surface area contributed by atoms with Gasteiger partial charge < -0.3 is 4.98 Å². The standard InChI is InChI=1S/C16H19N3OS/c1-21-11-15-17-14-7-8-19(10-13(14)16(20)18-15)9-12-5-3-2-4-6-12/h2-6H,7-11H2,1H3,(H,17,18,20). The number of H-pyrrole nitrogens is 1. The van der Waals surface area contributed by atoms with Gasteiger partial charge in [0.25, 0.3) is 5.56 Å². The number of nitrogens with zero attached hydrogens (tertiary/aromatic N) is 2. The Kier molecular flexibility index (Phi) is 4.41. The van der Waals surface area contributed by atoms with E-state index in [-0.39, 0.29) is 5.56 Å². The molecule has 1 aliphatic rings. The summed E-state index contributed by atoms with van der Waals surface area (Å²) in [6.07, 6.45) is 2.87. The Morgan fingerprint density at radius 2 is 2.14 bits per heavy atom. The van der Waals surface area contributed by atoms with Gasteiger partial charge in [0.1, 0.15) is 5.82 Å². The maximum Gasteiger partial charge on any atom is 0.255 e. The third kappa shape index (κ3) is 3.36. The van der Waals surface area contributed by atoms with Crippen molar-refractivity contribution in [2.24, 2.45) is 0 Å². The summed E-state index contributed by atoms with van der Waals surface area (Å²) in [4.78, 5) is 22.0.